The Kier molecular flexibility index (Phi) is 7.36. The maximum atomic E-state index is 11.0. The first-order chi connectivity index (χ1) is 6.18. The van der Waals surface area contributed by atoms with E-state index in [-0.39, 0.29) is 5.91 Å². The van der Waals surface area contributed by atoms with Crippen molar-refractivity contribution in [3.05, 3.63) is 12.2 Å². The normalized spacial score (nSPS) is 9.69. The molecule has 0 aromatic carbocycles. The SMILES string of the molecule is C=C(C)C(=O)NCCCCCCC. The number of carbonyl (C=O) groups excluding carboxylic acids is 1. The molecule has 0 spiro atoms. The summed E-state index contributed by atoms with van der Waals surface area (Å²) >= 11 is 0. The van der Waals surface area contributed by atoms with Crippen molar-refractivity contribution in [1.29, 1.82) is 0 Å². The van der Waals surface area contributed by atoms with Gasteiger partial charge in [-0.3, -0.25) is 4.79 Å². The molecule has 0 aliphatic heterocycles. The van der Waals surface area contributed by atoms with E-state index in [9.17, 15) is 4.79 Å². The van der Waals surface area contributed by atoms with Gasteiger partial charge in [0.05, 0.1) is 0 Å². The minimum absolute atomic E-state index is 0.0181. The summed E-state index contributed by atoms with van der Waals surface area (Å²) in [4.78, 5) is 11.0. The van der Waals surface area contributed by atoms with Gasteiger partial charge in [-0.2, -0.15) is 0 Å². The summed E-state index contributed by atoms with van der Waals surface area (Å²) in [5.74, 6) is -0.0181. The Bertz CT molecular complexity index is 163. The van der Waals surface area contributed by atoms with Crippen LogP contribution in [0.3, 0.4) is 0 Å². The molecule has 0 saturated carbocycles. The van der Waals surface area contributed by atoms with Crippen LogP contribution in [0.4, 0.5) is 0 Å². The Morgan fingerprint density at radius 2 is 1.85 bits per heavy atom. The zero-order chi connectivity index (χ0) is 10.1. The number of nitrogens with one attached hydrogen (secondary N) is 1. The van der Waals surface area contributed by atoms with Gasteiger partial charge in [-0.05, 0) is 13.3 Å². The van der Waals surface area contributed by atoms with Crippen LogP contribution < -0.4 is 5.32 Å². The number of unbranched alkanes of at least 4 members (excludes halogenated alkanes) is 4. The minimum Gasteiger partial charge on any atom is -0.352 e. The van der Waals surface area contributed by atoms with Gasteiger partial charge in [0.25, 0.3) is 0 Å². The maximum absolute atomic E-state index is 11.0. The van der Waals surface area contributed by atoms with Crippen LogP contribution >= 0.6 is 0 Å². The smallest absolute Gasteiger partial charge is 0.246 e. The first-order valence-corrected chi connectivity index (χ1v) is 5.12. The van der Waals surface area contributed by atoms with Crippen LogP contribution in [0.2, 0.25) is 0 Å². The molecule has 0 aromatic rings. The number of hydrogen-bond donors (Lipinski definition) is 1. The molecule has 0 unspecified atom stereocenters. The predicted molar refractivity (Wildman–Crippen MR) is 56.6 cm³/mol. The topological polar surface area (TPSA) is 29.1 Å². The predicted octanol–water partition coefficient (Wildman–Crippen LogP) is 2.65. The number of carbonyl (C=O) groups is 1. The van der Waals surface area contributed by atoms with E-state index in [2.05, 4.69) is 18.8 Å². The van der Waals surface area contributed by atoms with E-state index < -0.39 is 0 Å². The van der Waals surface area contributed by atoms with Gasteiger partial charge in [0, 0.05) is 12.1 Å². The average Bonchev–Trinajstić information content (AvgIpc) is 2.10. The molecule has 0 bridgehead atoms. The zero-order valence-electron chi connectivity index (χ0n) is 8.86. The standard InChI is InChI=1S/C11H21NO/c1-4-5-6-7-8-9-12-11(13)10(2)3/h2,4-9H2,1,3H3,(H,12,13). The molecule has 0 saturated heterocycles. The second kappa shape index (κ2) is 7.84. The van der Waals surface area contributed by atoms with Crippen molar-refractivity contribution in [2.75, 3.05) is 6.54 Å². The van der Waals surface area contributed by atoms with E-state index in [1.54, 1.807) is 6.92 Å². The Morgan fingerprint density at radius 1 is 1.23 bits per heavy atom. The Labute approximate surface area is 81.4 Å². The van der Waals surface area contributed by atoms with Crippen molar-refractivity contribution in [2.45, 2.75) is 46.0 Å². The lowest BCUT2D eigenvalue weighted by molar-refractivity contribution is -0.117. The third kappa shape index (κ3) is 7.57. The average molecular weight is 183 g/mol. The molecular formula is C11H21NO. The molecule has 0 radical (unpaired) electrons. The summed E-state index contributed by atoms with van der Waals surface area (Å²) in [7, 11) is 0. The highest BCUT2D eigenvalue weighted by Gasteiger charge is 1.98. The van der Waals surface area contributed by atoms with Crippen LogP contribution in [0.1, 0.15) is 46.0 Å². The van der Waals surface area contributed by atoms with Gasteiger partial charge >= 0.3 is 0 Å². The number of amides is 1. The monoisotopic (exact) mass is 183 g/mol. The molecular weight excluding hydrogens is 162 g/mol. The number of hydrogen-bond acceptors (Lipinski definition) is 1. The maximum Gasteiger partial charge on any atom is 0.246 e. The molecule has 0 atom stereocenters. The Morgan fingerprint density at radius 3 is 2.38 bits per heavy atom. The van der Waals surface area contributed by atoms with Crippen LogP contribution in [0.15, 0.2) is 12.2 Å². The summed E-state index contributed by atoms with van der Waals surface area (Å²) in [6.07, 6.45) is 6.13. The van der Waals surface area contributed by atoms with E-state index in [0.717, 1.165) is 13.0 Å². The molecule has 76 valence electrons. The Balaban J connectivity index is 3.16. The largest absolute Gasteiger partial charge is 0.352 e. The van der Waals surface area contributed by atoms with Gasteiger partial charge < -0.3 is 5.32 Å². The van der Waals surface area contributed by atoms with Gasteiger partial charge in [-0.15, -0.1) is 0 Å². The molecule has 1 amide bonds. The lowest BCUT2D eigenvalue weighted by atomic mass is 10.1. The van der Waals surface area contributed by atoms with Crippen molar-refractivity contribution in [2.24, 2.45) is 0 Å². The van der Waals surface area contributed by atoms with Crippen molar-refractivity contribution >= 4 is 5.91 Å². The molecule has 2 heteroatoms. The Hall–Kier alpha value is -0.790. The molecule has 0 aliphatic rings. The van der Waals surface area contributed by atoms with Crippen molar-refractivity contribution in [3.8, 4) is 0 Å². The first kappa shape index (κ1) is 12.2. The second-order valence-electron chi connectivity index (χ2n) is 3.45. The van der Waals surface area contributed by atoms with E-state index in [4.69, 9.17) is 0 Å². The molecule has 0 aliphatic carbocycles. The van der Waals surface area contributed by atoms with Gasteiger partial charge in [-0.1, -0.05) is 39.2 Å². The highest BCUT2D eigenvalue weighted by molar-refractivity contribution is 5.91. The first-order valence-electron chi connectivity index (χ1n) is 5.12. The molecule has 0 heterocycles. The van der Waals surface area contributed by atoms with Gasteiger partial charge in [-0.25, -0.2) is 0 Å². The number of rotatable bonds is 7. The molecule has 0 fully saturated rings. The summed E-state index contributed by atoms with van der Waals surface area (Å²) in [5.41, 5.74) is 0.591. The van der Waals surface area contributed by atoms with Crippen LogP contribution in [-0.4, -0.2) is 12.5 Å². The fourth-order valence-electron chi connectivity index (χ4n) is 1.08. The lowest BCUT2D eigenvalue weighted by Crippen LogP contribution is -2.24. The summed E-state index contributed by atoms with van der Waals surface area (Å²) < 4.78 is 0. The molecule has 13 heavy (non-hydrogen) atoms. The van der Waals surface area contributed by atoms with Crippen molar-refractivity contribution < 1.29 is 4.79 Å². The van der Waals surface area contributed by atoms with Crippen molar-refractivity contribution in [1.82, 2.24) is 5.32 Å². The minimum atomic E-state index is -0.0181. The summed E-state index contributed by atoms with van der Waals surface area (Å²) in [5, 5.41) is 2.82. The van der Waals surface area contributed by atoms with Crippen LogP contribution in [-0.2, 0) is 4.79 Å². The van der Waals surface area contributed by atoms with Crippen LogP contribution in [0.25, 0.3) is 0 Å². The molecule has 2 nitrogen and oxygen atoms in total. The van der Waals surface area contributed by atoms with E-state index in [1.165, 1.54) is 25.7 Å². The third-order valence-corrected chi connectivity index (χ3v) is 1.95. The molecule has 1 N–H and O–H groups in total. The van der Waals surface area contributed by atoms with E-state index in [0.29, 0.717) is 5.57 Å². The quantitative estimate of drug-likeness (QED) is 0.477. The fourth-order valence-corrected chi connectivity index (χ4v) is 1.08. The van der Waals surface area contributed by atoms with Gasteiger partial charge in [0.2, 0.25) is 5.91 Å². The van der Waals surface area contributed by atoms with E-state index in [1.807, 2.05) is 0 Å². The molecule has 0 rings (SSSR count). The summed E-state index contributed by atoms with van der Waals surface area (Å²) in [6.45, 7) is 8.28. The highest BCUT2D eigenvalue weighted by atomic mass is 16.1. The molecule has 0 aromatic heterocycles. The van der Waals surface area contributed by atoms with E-state index >= 15 is 0 Å². The second-order valence-corrected chi connectivity index (χ2v) is 3.45. The van der Waals surface area contributed by atoms with Gasteiger partial charge in [0.1, 0.15) is 0 Å². The van der Waals surface area contributed by atoms with Crippen LogP contribution in [0, 0.1) is 0 Å². The lowest BCUT2D eigenvalue weighted by Gasteiger charge is -2.03. The highest BCUT2D eigenvalue weighted by Crippen LogP contribution is 2.01. The third-order valence-electron chi connectivity index (χ3n) is 1.95. The zero-order valence-corrected chi connectivity index (χ0v) is 8.86. The summed E-state index contributed by atoms with van der Waals surface area (Å²) in [6, 6.07) is 0. The van der Waals surface area contributed by atoms with Crippen molar-refractivity contribution in [3.63, 3.8) is 0 Å². The van der Waals surface area contributed by atoms with Gasteiger partial charge in [0.15, 0.2) is 0 Å². The fraction of sp³-hybridized carbons (Fsp3) is 0.727. The van der Waals surface area contributed by atoms with Crippen LogP contribution in [0.5, 0.6) is 0 Å².